The van der Waals surface area contributed by atoms with Gasteiger partial charge in [-0.15, -0.1) is 11.3 Å². The second kappa shape index (κ2) is 8.07. The third-order valence-electron chi connectivity index (χ3n) is 6.24. The second-order valence-electron chi connectivity index (χ2n) is 8.42. The highest BCUT2D eigenvalue weighted by Gasteiger charge is 2.35. The van der Waals surface area contributed by atoms with E-state index in [4.69, 9.17) is 0 Å². The smallest absolute Gasteiger partial charge is 0.244 e. The van der Waals surface area contributed by atoms with E-state index in [1.54, 1.807) is 4.31 Å². The number of anilines is 1. The number of piperazine rings is 1. The van der Waals surface area contributed by atoms with E-state index in [1.165, 1.54) is 28.2 Å². The lowest BCUT2D eigenvalue weighted by Gasteiger charge is -2.36. The average Bonchev–Trinajstić information content (AvgIpc) is 3.21. The van der Waals surface area contributed by atoms with Crippen LogP contribution in [-0.4, -0.2) is 49.1 Å². The van der Waals surface area contributed by atoms with E-state index in [-0.39, 0.29) is 0 Å². The van der Waals surface area contributed by atoms with Crippen LogP contribution in [0.2, 0.25) is 0 Å². The van der Waals surface area contributed by atoms with Crippen molar-refractivity contribution >= 4 is 27.0 Å². The van der Waals surface area contributed by atoms with Gasteiger partial charge in [0.2, 0.25) is 10.0 Å². The quantitative estimate of drug-likeness (QED) is 0.625. The van der Waals surface area contributed by atoms with Gasteiger partial charge in [0.25, 0.3) is 0 Å². The van der Waals surface area contributed by atoms with Crippen LogP contribution in [0.25, 0.3) is 11.3 Å². The van der Waals surface area contributed by atoms with E-state index >= 15 is 0 Å². The van der Waals surface area contributed by atoms with Crippen molar-refractivity contribution in [2.75, 3.05) is 31.1 Å². The summed E-state index contributed by atoms with van der Waals surface area (Å²) in [5.41, 5.74) is 7.09. The maximum atomic E-state index is 13.8. The Morgan fingerprint density at radius 3 is 2.26 bits per heavy atom. The number of H-pyrrole nitrogens is 1. The van der Waals surface area contributed by atoms with Gasteiger partial charge < -0.3 is 4.90 Å². The zero-order chi connectivity index (χ0) is 22.5. The molecule has 1 aromatic carbocycles. The Balaban J connectivity index is 1.65. The van der Waals surface area contributed by atoms with Gasteiger partial charge in [0, 0.05) is 52.9 Å². The number of rotatable bonds is 4. The highest BCUT2D eigenvalue weighted by atomic mass is 32.2. The third-order valence-corrected chi connectivity index (χ3v) is 9.46. The van der Waals surface area contributed by atoms with E-state index in [1.807, 2.05) is 27.7 Å². The molecule has 0 radical (unpaired) electrons. The first-order valence-corrected chi connectivity index (χ1v) is 12.8. The number of aromatic nitrogens is 2. The van der Waals surface area contributed by atoms with Gasteiger partial charge in [0.1, 0.15) is 4.90 Å². The van der Waals surface area contributed by atoms with Gasteiger partial charge in [0.15, 0.2) is 0 Å². The molecule has 0 unspecified atom stereocenters. The number of benzene rings is 1. The molecule has 3 heterocycles. The number of hydrogen-bond donors (Lipinski definition) is 1. The van der Waals surface area contributed by atoms with Crippen LogP contribution < -0.4 is 4.90 Å². The van der Waals surface area contributed by atoms with Crippen LogP contribution in [0.3, 0.4) is 0 Å². The van der Waals surface area contributed by atoms with Crippen molar-refractivity contribution in [3.05, 3.63) is 50.3 Å². The van der Waals surface area contributed by atoms with E-state index in [0.29, 0.717) is 31.1 Å². The second-order valence-corrected chi connectivity index (χ2v) is 11.7. The maximum absolute atomic E-state index is 13.8. The summed E-state index contributed by atoms with van der Waals surface area (Å²) in [5, 5.41) is 7.44. The Labute approximate surface area is 189 Å². The predicted molar refractivity (Wildman–Crippen MR) is 128 cm³/mol. The number of thiophene rings is 1. The van der Waals surface area contributed by atoms with Crippen molar-refractivity contribution in [3.8, 4) is 11.3 Å². The molecule has 1 N–H and O–H groups in total. The molecular formula is C23H30N4O2S2. The molecule has 3 aromatic rings. The summed E-state index contributed by atoms with van der Waals surface area (Å²) in [6, 6.07) is 6.43. The summed E-state index contributed by atoms with van der Waals surface area (Å²) in [7, 11) is -3.62. The van der Waals surface area contributed by atoms with Crippen molar-refractivity contribution in [3.63, 3.8) is 0 Å². The van der Waals surface area contributed by atoms with E-state index in [9.17, 15) is 8.42 Å². The van der Waals surface area contributed by atoms with Crippen LogP contribution >= 0.6 is 11.3 Å². The lowest BCUT2D eigenvalue weighted by Crippen LogP contribution is -2.49. The molecule has 2 aromatic heterocycles. The fraction of sp³-hybridized carbons (Fsp3) is 0.435. The van der Waals surface area contributed by atoms with Crippen LogP contribution in [0, 0.1) is 41.5 Å². The number of nitrogens with zero attached hydrogens (tertiary/aromatic N) is 3. The number of hydrogen-bond acceptors (Lipinski definition) is 5. The monoisotopic (exact) mass is 458 g/mol. The number of aryl methyl sites for hydroxylation is 5. The topological polar surface area (TPSA) is 69.3 Å². The van der Waals surface area contributed by atoms with Gasteiger partial charge in [0.05, 0.1) is 5.69 Å². The summed E-state index contributed by atoms with van der Waals surface area (Å²) in [4.78, 5) is 4.52. The van der Waals surface area contributed by atoms with Crippen LogP contribution in [0.5, 0.6) is 0 Å². The highest BCUT2D eigenvalue weighted by molar-refractivity contribution is 7.89. The minimum Gasteiger partial charge on any atom is -0.369 e. The summed E-state index contributed by atoms with van der Waals surface area (Å²) in [6.45, 7) is 14.3. The maximum Gasteiger partial charge on any atom is 0.244 e. The third kappa shape index (κ3) is 3.81. The fourth-order valence-corrected chi connectivity index (χ4v) is 7.57. The summed E-state index contributed by atoms with van der Waals surface area (Å²) in [6.07, 6.45) is 0. The molecule has 0 atom stereocenters. The number of sulfonamides is 1. The van der Waals surface area contributed by atoms with E-state index < -0.39 is 10.0 Å². The molecule has 8 heteroatoms. The van der Waals surface area contributed by atoms with Gasteiger partial charge in [-0.2, -0.15) is 9.40 Å². The lowest BCUT2D eigenvalue weighted by molar-refractivity contribution is 0.385. The molecule has 0 spiro atoms. The van der Waals surface area contributed by atoms with Gasteiger partial charge >= 0.3 is 0 Å². The van der Waals surface area contributed by atoms with E-state index in [0.717, 1.165) is 32.3 Å². The van der Waals surface area contributed by atoms with E-state index in [2.05, 4.69) is 47.1 Å². The van der Waals surface area contributed by atoms with Crippen LogP contribution in [-0.2, 0) is 10.0 Å². The Hall–Kier alpha value is -2.16. The van der Waals surface area contributed by atoms with Gasteiger partial charge in [-0.3, -0.25) is 5.10 Å². The molecule has 4 rings (SSSR count). The van der Waals surface area contributed by atoms with Crippen LogP contribution in [0.1, 0.15) is 32.1 Å². The predicted octanol–water partition coefficient (Wildman–Crippen LogP) is 4.50. The molecule has 0 saturated carbocycles. The standard InChI is InChI=1S/C23H30N4O2S2/c1-14-7-8-15(2)20(13-14)26-9-11-27(12-10-26)31(28,29)23-19(6)30-18(5)21(23)22-16(3)17(4)24-25-22/h7-8,13H,9-12H2,1-6H3,(H,24,25). The lowest BCUT2D eigenvalue weighted by atomic mass is 10.1. The number of nitrogens with one attached hydrogen (secondary N) is 1. The Kier molecular flexibility index (Phi) is 5.74. The SMILES string of the molecule is Cc1ccc(C)c(N2CCN(S(=O)(=O)c3c(C)sc(C)c3-c3n[nH]c(C)c3C)CC2)c1. The molecule has 1 aliphatic rings. The van der Waals surface area contributed by atoms with Crippen molar-refractivity contribution in [2.45, 2.75) is 46.4 Å². The first-order chi connectivity index (χ1) is 14.6. The minimum atomic E-state index is -3.62. The first kappa shape index (κ1) is 22.0. The Morgan fingerprint density at radius 1 is 0.968 bits per heavy atom. The molecule has 6 nitrogen and oxygen atoms in total. The zero-order valence-corrected chi connectivity index (χ0v) is 20.7. The van der Waals surface area contributed by atoms with Gasteiger partial charge in [-0.05, 0) is 64.3 Å². The van der Waals surface area contributed by atoms with Crippen molar-refractivity contribution in [2.24, 2.45) is 0 Å². The molecule has 0 amide bonds. The molecule has 0 bridgehead atoms. The summed E-state index contributed by atoms with van der Waals surface area (Å²) in [5.74, 6) is 0. The molecular weight excluding hydrogens is 428 g/mol. The van der Waals surface area contributed by atoms with Crippen molar-refractivity contribution < 1.29 is 8.42 Å². The van der Waals surface area contributed by atoms with Crippen molar-refractivity contribution in [1.29, 1.82) is 0 Å². The zero-order valence-electron chi connectivity index (χ0n) is 19.0. The fourth-order valence-electron chi connectivity index (χ4n) is 4.33. The largest absolute Gasteiger partial charge is 0.369 e. The average molecular weight is 459 g/mol. The van der Waals surface area contributed by atoms with Gasteiger partial charge in [-0.25, -0.2) is 8.42 Å². The highest BCUT2D eigenvalue weighted by Crippen LogP contribution is 2.41. The molecule has 1 fully saturated rings. The molecule has 166 valence electrons. The minimum absolute atomic E-state index is 0.421. The molecule has 0 aliphatic carbocycles. The number of aromatic amines is 1. The molecule has 31 heavy (non-hydrogen) atoms. The van der Waals surface area contributed by atoms with Crippen molar-refractivity contribution in [1.82, 2.24) is 14.5 Å². The first-order valence-electron chi connectivity index (χ1n) is 10.6. The van der Waals surface area contributed by atoms with Crippen LogP contribution in [0.4, 0.5) is 5.69 Å². The van der Waals surface area contributed by atoms with Gasteiger partial charge in [-0.1, -0.05) is 12.1 Å². The Morgan fingerprint density at radius 2 is 1.65 bits per heavy atom. The summed E-state index contributed by atoms with van der Waals surface area (Å²) < 4.78 is 29.2. The normalized spacial score (nSPS) is 15.6. The molecule has 1 aliphatic heterocycles. The molecule has 1 saturated heterocycles. The van der Waals surface area contributed by atoms with Crippen LogP contribution in [0.15, 0.2) is 23.1 Å². The Bertz CT molecular complexity index is 1230. The summed E-state index contributed by atoms with van der Waals surface area (Å²) >= 11 is 1.53.